The fraction of sp³-hybridized carbons (Fsp3) is 0.333. The first kappa shape index (κ1) is 18.9. The van der Waals surface area contributed by atoms with E-state index in [1.807, 2.05) is 30.3 Å². The summed E-state index contributed by atoms with van der Waals surface area (Å²) in [4.78, 5) is 1.57. The van der Waals surface area contributed by atoms with Gasteiger partial charge < -0.3 is 4.74 Å². The van der Waals surface area contributed by atoms with Crippen molar-refractivity contribution in [1.29, 1.82) is 0 Å². The van der Waals surface area contributed by atoms with Gasteiger partial charge in [0, 0.05) is 31.7 Å². The van der Waals surface area contributed by atoms with Crippen LogP contribution >= 0.6 is 0 Å². The zero-order valence-electron chi connectivity index (χ0n) is 14.1. The number of morpholine rings is 1. The van der Waals surface area contributed by atoms with E-state index >= 15 is 0 Å². The van der Waals surface area contributed by atoms with E-state index in [4.69, 9.17) is 4.74 Å². The smallest absolute Gasteiger partial charge is 0.243 e. The lowest BCUT2D eigenvalue weighted by Gasteiger charge is -2.34. The Morgan fingerprint density at radius 1 is 1.08 bits per heavy atom. The Kier molecular flexibility index (Phi) is 5.98. The molecule has 1 fully saturated rings. The molecule has 5 nitrogen and oxygen atoms in total. The van der Waals surface area contributed by atoms with Crippen LogP contribution in [0.25, 0.3) is 0 Å². The zero-order valence-corrected chi connectivity index (χ0v) is 14.9. The van der Waals surface area contributed by atoms with Crippen LogP contribution in [0, 0.1) is 11.6 Å². The van der Waals surface area contributed by atoms with Crippen molar-refractivity contribution in [2.24, 2.45) is 0 Å². The number of halogens is 2. The largest absolute Gasteiger partial charge is 0.379 e. The molecule has 1 atom stereocenters. The normalized spacial score (nSPS) is 17.2. The first-order valence-electron chi connectivity index (χ1n) is 8.29. The maximum atomic E-state index is 13.9. The highest BCUT2D eigenvalue weighted by atomic mass is 32.2. The van der Waals surface area contributed by atoms with Gasteiger partial charge in [0.25, 0.3) is 0 Å². The molecular formula is C18H20F2N2O3S. The Bertz CT molecular complexity index is 841. The van der Waals surface area contributed by atoms with Gasteiger partial charge in [0.05, 0.1) is 13.2 Å². The molecule has 1 heterocycles. The van der Waals surface area contributed by atoms with Crippen molar-refractivity contribution < 1.29 is 21.9 Å². The standard InChI is InChI=1S/C18H20F2N2O3S/c19-15-6-7-18(16(20)12-15)26(23,24)21-13-17(14-4-2-1-3-5-14)22-8-10-25-11-9-22/h1-7,12,17,21H,8-11,13H2. The molecule has 1 N–H and O–H groups in total. The Balaban J connectivity index is 1.80. The summed E-state index contributed by atoms with van der Waals surface area (Å²) in [5.74, 6) is -1.93. The van der Waals surface area contributed by atoms with Gasteiger partial charge in [0.2, 0.25) is 10.0 Å². The van der Waals surface area contributed by atoms with Gasteiger partial charge in [-0.1, -0.05) is 30.3 Å². The average Bonchev–Trinajstić information content (AvgIpc) is 2.63. The van der Waals surface area contributed by atoms with Crippen LogP contribution in [0.5, 0.6) is 0 Å². The highest BCUT2D eigenvalue weighted by Crippen LogP contribution is 2.22. The van der Waals surface area contributed by atoms with Crippen molar-refractivity contribution in [2.75, 3.05) is 32.8 Å². The number of nitrogens with one attached hydrogen (secondary N) is 1. The van der Waals surface area contributed by atoms with Crippen LogP contribution in [0.4, 0.5) is 8.78 Å². The van der Waals surface area contributed by atoms with Crippen molar-refractivity contribution in [1.82, 2.24) is 9.62 Å². The second-order valence-electron chi connectivity index (χ2n) is 6.00. The molecule has 140 valence electrons. The number of sulfonamides is 1. The molecular weight excluding hydrogens is 362 g/mol. The molecule has 2 aromatic rings. The van der Waals surface area contributed by atoms with Crippen LogP contribution in [-0.4, -0.2) is 46.2 Å². The Labute approximate surface area is 151 Å². The molecule has 0 spiro atoms. The van der Waals surface area contributed by atoms with Crippen molar-refractivity contribution in [3.63, 3.8) is 0 Å². The number of hydrogen-bond acceptors (Lipinski definition) is 4. The van der Waals surface area contributed by atoms with E-state index in [9.17, 15) is 17.2 Å². The third-order valence-corrected chi connectivity index (χ3v) is 5.78. The minimum absolute atomic E-state index is 0.0726. The van der Waals surface area contributed by atoms with E-state index < -0.39 is 26.6 Å². The van der Waals surface area contributed by atoms with Gasteiger partial charge in [-0.25, -0.2) is 21.9 Å². The molecule has 8 heteroatoms. The minimum atomic E-state index is -4.10. The van der Waals surface area contributed by atoms with E-state index in [2.05, 4.69) is 9.62 Å². The number of nitrogens with zero attached hydrogens (tertiary/aromatic N) is 1. The third-order valence-electron chi connectivity index (χ3n) is 4.32. The maximum Gasteiger partial charge on any atom is 0.243 e. The van der Waals surface area contributed by atoms with Gasteiger partial charge in [-0.05, 0) is 17.7 Å². The maximum absolute atomic E-state index is 13.9. The summed E-state index contributed by atoms with van der Waals surface area (Å²) in [5.41, 5.74) is 0.955. The van der Waals surface area contributed by atoms with Crippen LogP contribution < -0.4 is 4.72 Å². The van der Waals surface area contributed by atoms with Crippen molar-refractivity contribution in [3.8, 4) is 0 Å². The van der Waals surface area contributed by atoms with E-state index in [1.54, 1.807) is 0 Å². The Hall–Kier alpha value is -1.87. The second kappa shape index (κ2) is 8.22. The van der Waals surface area contributed by atoms with E-state index in [0.29, 0.717) is 32.4 Å². The Morgan fingerprint density at radius 3 is 2.42 bits per heavy atom. The van der Waals surface area contributed by atoms with Gasteiger partial charge in [-0.3, -0.25) is 4.90 Å². The average molecular weight is 382 g/mol. The molecule has 2 aromatic carbocycles. The first-order chi connectivity index (χ1) is 12.5. The topological polar surface area (TPSA) is 58.6 Å². The molecule has 0 radical (unpaired) electrons. The fourth-order valence-corrected chi connectivity index (χ4v) is 4.08. The number of ether oxygens (including phenoxy) is 1. The summed E-state index contributed by atoms with van der Waals surface area (Å²) >= 11 is 0. The highest BCUT2D eigenvalue weighted by Gasteiger charge is 2.26. The second-order valence-corrected chi connectivity index (χ2v) is 7.74. The van der Waals surface area contributed by atoms with Gasteiger partial charge in [0.15, 0.2) is 0 Å². The van der Waals surface area contributed by atoms with E-state index in [-0.39, 0.29) is 12.6 Å². The minimum Gasteiger partial charge on any atom is -0.379 e. The number of benzene rings is 2. The first-order valence-corrected chi connectivity index (χ1v) is 9.77. The monoisotopic (exact) mass is 382 g/mol. The summed E-state index contributed by atoms with van der Waals surface area (Å²) in [6.07, 6.45) is 0. The van der Waals surface area contributed by atoms with E-state index in [0.717, 1.165) is 17.7 Å². The van der Waals surface area contributed by atoms with Crippen LogP contribution in [-0.2, 0) is 14.8 Å². The predicted octanol–water partition coefficient (Wildman–Crippen LogP) is 2.32. The van der Waals surface area contributed by atoms with Crippen LogP contribution in [0.2, 0.25) is 0 Å². The van der Waals surface area contributed by atoms with Crippen molar-refractivity contribution >= 4 is 10.0 Å². The number of rotatable bonds is 6. The Morgan fingerprint density at radius 2 is 1.77 bits per heavy atom. The lowest BCUT2D eigenvalue weighted by molar-refractivity contribution is 0.0172. The van der Waals surface area contributed by atoms with Crippen LogP contribution in [0.1, 0.15) is 11.6 Å². The summed E-state index contributed by atoms with van der Waals surface area (Å²) < 4.78 is 59.7. The molecule has 0 amide bonds. The molecule has 0 aliphatic carbocycles. The van der Waals surface area contributed by atoms with Gasteiger partial charge in [0.1, 0.15) is 16.5 Å². The molecule has 0 aromatic heterocycles. The van der Waals surface area contributed by atoms with Crippen LogP contribution in [0.3, 0.4) is 0 Å². The molecule has 1 aliphatic rings. The molecule has 26 heavy (non-hydrogen) atoms. The summed E-state index contributed by atoms with van der Waals surface area (Å²) in [6.45, 7) is 2.56. The van der Waals surface area contributed by atoms with Crippen molar-refractivity contribution in [3.05, 3.63) is 65.7 Å². The van der Waals surface area contributed by atoms with E-state index in [1.165, 1.54) is 0 Å². The molecule has 0 bridgehead atoms. The lowest BCUT2D eigenvalue weighted by Crippen LogP contribution is -2.43. The SMILES string of the molecule is O=S(=O)(NCC(c1ccccc1)N1CCOCC1)c1ccc(F)cc1F. The molecule has 0 saturated carbocycles. The summed E-state index contributed by atoms with van der Waals surface area (Å²) in [5, 5.41) is 0. The molecule has 1 aliphatic heterocycles. The zero-order chi connectivity index (χ0) is 18.6. The molecule has 1 unspecified atom stereocenters. The van der Waals surface area contributed by atoms with Gasteiger partial charge in [-0.2, -0.15) is 0 Å². The quantitative estimate of drug-likeness (QED) is 0.833. The third kappa shape index (κ3) is 4.45. The molecule has 3 rings (SSSR count). The van der Waals surface area contributed by atoms with Gasteiger partial charge in [-0.15, -0.1) is 0 Å². The number of hydrogen-bond donors (Lipinski definition) is 1. The predicted molar refractivity (Wildman–Crippen MR) is 93.1 cm³/mol. The summed E-state index contributed by atoms with van der Waals surface area (Å²) in [7, 11) is -4.10. The summed E-state index contributed by atoms with van der Waals surface area (Å²) in [6, 6.07) is 11.7. The molecule has 1 saturated heterocycles. The highest BCUT2D eigenvalue weighted by molar-refractivity contribution is 7.89. The fourth-order valence-electron chi connectivity index (χ4n) is 2.98. The van der Waals surface area contributed by atoms with Gasteiger partial charge >= 0.3 is 0 Å². The van der Waals surface area contributed by atoms with Crippen LogP contribution in [0.15, 0.2) is 53.4 Å². The lowest BCUT2D eigenvalue weighted by atomic mass is 10.1. The van der Waals surface area contributed by atoms with Crippen molar-refractivity contribution in [2.45, 2.75) is 10.9 Å².